The molecule has 1 aliphatic carbocycles. The van der Waals surface area contributed by atoms with Crippen LogP contribution in [-0.4, -0.2) is 35.7 Å². The Morgan fingerprint density at radius 2 is 1.77 bits per heavy atom. The number of benzene rings is 1. The average Bonchev–Trinajstić information content (AvgIpc) is 3.41. The number of nitrogens with zero attached hydrogens (tertiary/aromatic N) is 1. The van der Waals surface area contributed by atoms with Gasteiger partial charge in [0.15, 0.2) is 0 Å². The lowest BCUT2D eigenvalue weighted by Crippen LogP contribution is -2.27. The lowest BCUT2D eigenvalue weighted by Gasteiger charge is -2.17. The van der Waals surface area contributed by atoms with Gasteiger partial charge in [-0.25, -0.2) is 0 Å². The third-order valence-corrected chi connectivity index (χ3v) is 6.07. The van der Waals surface area contributed by atoms with Crippen LogP contribution in [0, 0.1) is 12.3 Å². The first-order chi connectivity index (χ1) is 14.0. The number of hydrogen-bond acceptors (Lipinski definition) is 4. The van der Waals surface area contributed by atoms with E-state index in [0.29, 0.717) is 28.0 Å². The van der Waals surface area contributed by atoms with Crippen LogP contribution in [0.15, 0.2) is 30.3 Å². The van der Waals surface area contributed by atoms with Gasteiger partial charge in [0.2, 0.25) is 5.91 Å². The van der Waals surface area contributed by atoms with Crippen LogP contribution in [0.25, 0.3) is 0 Å². The molecule has 1 fully saturated rings. The van der Waals surface area contributed by atoms with Gasteiger partial charge in [0.1, 0.15) is 0 Å². The molecule has 6 nitrogen and oxygen atoms in total. The van der Waals surface area contributed by atoms with Crippen molar-refractivity contribution in [2.75, 3.05) is 12.4 Å². The molecule has 160 valence electrons. The SMILES string of the molecule is Cc1cc(NC(=O)C(C)(C)C)sc1C(=O)N(C)Cc1ccc(C(=O)NC2CC2)cc1. The first kappa shape index (κ1) is 22.0. The van der Waals surface area contributed by atoms with Crippen LogP contribution in [0.4, 0.5) is 5.00 Å². The number of hydrogen-bond donors (Lipinski definition) is 2. The Kier molecular flexibility index (Phi) is 6.31. The van der Waals surface area contributed by atoms with E-state index in [-0.39, 0.29) is 17.7 Å². The van der Waals surface area contributed by atoms with Crippen LogP contribution in [-0.2, 0) is 11.3 Å². The molecule has 0 saturated heterocycles. The van der Waals surface area contributed by atoms with Gasteiger partial charge in [0, 0.05) is 30.6 Å². The zero-order chi connectivity index (χ0) is 22.1. The minimum Gasteiger partial charge on any atom is -0.349 e. The molecule has 7 heteroatoms. The van der Waals surface area contributed by atoms with Gasteiger partial charge in [-0.1, -0.05) is 32.9 Å². The molecule has 1 saturated carbocycles. The number of carbonyl (C=O) groups excluding carboxylic acids is 3. The molecule has 0 radical (unpaired) electrons. The van der Waals surface area contributed by atoms with E-state index in [1.807, 2.05) is 45.9 Å². The van der Waals surface area contributed by atoms with Crippen molar-refractivity contribution in [3.05, 3.63) is 51.9 Å². The summed E-state index contributed by atoms with van der Waals surface area (Å²) in [6.07, 6.45) is 2.11. The van der Waals surface area contributed by atoms with E-state index >= 15 is 0 Å². The highest BCUT2D eigenvalue weighted by atomic mass is 32.1. The number of rotatable bonds is 6. The molecule has 30 heavy (non-hydrogen) atoms. The van der Waals surface area contributed by atoms with Gasteiger partial charge in [0.25, 0.3) is 11.8 Å². The largest absolute Gasteiger partial charge is 0.349 e. The topological polar surface area (TPSA) is 78.5 Å². The maximum absolute atomic E-state index is 12.9. The molecule has 2 aromatic rings. The van der Waals surface area contributed by atoms with Crippen LogP contribution in [0.3, 0.4) is 0 Å². The number of aryl methyl sites for hydroxylation is 1. The maximum atomic E-state index is 12.9. The van der Waals surface area contributed by atoms with Crippen molar-refractivity contribution in [3.8, 4) is 0 Å². The molecule has 3 amide bonds. The van der Waals surface area contributed by atoms with Gasteiger partial charge in [-0.15, -0.1) is 11.3 Å². The predicted molar refractivity (Wildman–Crippen MR) is 120 cm³/mol. The highest BCUT2D eigenvalue weighted by molar-refractivity contribution is 7.18. The zero-order valence-corrected chi connectivity index (χ0v) is 19.0. The van der Waals surface area contributed by atoms with Gasteiger partial charge in [-0.3, -0.25) is 14.4 Å². The Bertz CT molecular complexity index is 953. The van der Waals surface area contributed by atoms with E-state index < -0.39 is 5.41 Å². The molecule has 1 aromatic carbocycles. The summed E-state index contributed by atoms with van der Waals surface area (Å²) in [6, 6.07) is 9.50. The standard InChI is InChI=1S/C23H29N3O3S/c1-14-12-18(25-22(29)23(2,3)4)30-19(14)21(28)26(5)13-15-6-8-16(9-7-15)20(27)24-17-10-11-17/h6-9,12,17H,10-11,13H2,1-5H3,(H,24,27)(H,25,29). The first-order valence-corrected chi connectivity index (χ1v) is 10.9. The average molecular weight is 428 g/mol. The van der Waals surface area contributed by atoms with E-state index in [9.17, 15) is 14.4 Å². The van der Waals surface area contributed by atoms with Crippen LogP contribution in [0.1, 0.15) is 64.8 Å². The van der Waals surface area contributed by atoms with E-state index in [4.69, 9.17) is 0 Å². The molecule has 2 N–H and O–H groups in total. The third kappa shape index (κ3) is 5.48. The Labute approximate surface area is 181 Å². The molecule has 1 aliphatic rings. The molecule has 1 heterocycles. The monoisotopic (exact) mass is 427 g/mol. The smallest absolute Gasteiger partial charge is 0.264 e. The van der Waals surface area contributed by atoms with Crippen molar-refractivity contribution in [1.82, 2.24) is 10.2 Å². The molecule has 0 bridgehead atoms. The van der Waals surface area contributed by atoms with Crippen LogP contribution in [0.2, 0.25) is 0 Å². The number of amides is 3. The Morgan fingerprint density at radius 1 is 1.13 bits per heavy atom. The van der Waals surface area contributed by atoms with Crippen molar-refractivity contribution in [3.63, 3.8) is 0 Å². The van der Waals surface area contributed by atoms with Crippen LogP contribution < -0.4 is 10.6 Å². The van der Waals surface area contributed by atoms with Crippen molar-refractivity contribution >= 4 is 34.1 Å². The molecular formula is C23H29N3O3S. The molecule has 3 rings (SSSR count). The highest BCUT2D eigenvalue weighted by Gasteiger charge is 2.25. The second kappa shape index (κ2) is 8.60. The van der Waals surface area contributed by atoms with Crippen molar-refractivity contribution < 1.29 is 14.4 Å². The molecule has 0 aliphatic heterocycles. The second-order valence-electron chi connectivity index (χ2n) is 8.93. The minimum atomic E-state index is -0.499. The first-order valence-electron chi connectivity index (χ1n) is 10.1. The van der Waals surface area contributed by atoms with E-state index in [0.717, 1.165) is 24.0 Å². The van der Waals surface area contributed by atoms with Gasteiger partial charge >= 0.3 is 0 Å². The predicted octanol–water partition coefficient (Wildman–Crippen LogP) is 4.21. The van der Waals surface area contributed by atoms with E-state index in [1.165, 1.54) is 11.3 Å². The summed E-state index contributed by atoms with van der Waals surface area (Å²) in [6.45, 7) is 7.86. The fourth-order valence-corrected chi connectivity index (χ4v) is 3.89. The van der Waals surface area contributed by atoms with Gasteiger partial charge < -0.3 is 15.5 Å². The summed E-state index contributed by atoms with van der Waals surface area (Å²) in [7, 11) is 1.75. The number of carbonyl (C=O) groups is 3. The molecule has 1 aromatic heterocycles. The van der Waals surface area contributed by atoms with Gasteiger partial charge in [0.05, 0.1) is 9.88 Å². The Morgan fingerprint density at radius 3 is 2.33 bits per heavy atom. The summed E-state index contributed by atoms with van der Waals surface area (Å²) in [5.74, 6) is -0.223. The fourth-order valence-electron chi connectivity index (χ4n) is 2.83. The number of thiophene rings is 1. The molecular weight excluding hydrogens is 398 g/mol. The van der Waals surface area contributed by atoms with Crippen LogP contribution >= 0.6 is 11.3 Å². The lowest BCUT2D eigenvalue weighted by molar-refractivity contribution is -0.123. The number of nitrogens with one attached hydrogen (secondary N) is 2. The third-order valence-electron chi connectivity index (χ3n) is 4.93. The highest BCUT2D eigenvalue weighted by Crippen LogP contribution is 2.29. The number of anilines is 1. The van der Waals surface area contributed by atoms with Gasteiger partial charge in [-0.05, 0) is 49.1 Å². The van der Waals surface area contributed by atoms with E-state index in [1.54, 1.807) is 24.1 Å². The quantitative estimate of drug-likeness (QED) is 0.725. The summed E-state index contributed by atoms with van der Waals surface area (Å²) in [5, 5.41) is 6.54. The molecule has 0 atom stereocenters. The normalized spacial score (nSPS) is 13.6. The van der Waals surface area contributed by atoms with E-state index in [2.05, 4.69) is 10.6 Å². The summed E-state index contributed by atoms with van der Waals surface area (Å²) in [4.78, 5) is 39.5. The molecule has 0 unspecified atom stereocenters. The van der Waals surface area contributed by atoms with Gasteiger partial charge in [-0.2, -0.15) is 0 Å². The maximum Gasteiger partial charge on any atom is 0.264 e. The Balaban J connectivity index is 1.62. The Hall–Kier alpha value is -2.67. The van der Waals surface area contributed by atoms with Crippen molar-refractivity contribution in [1.29, 1.82) is 0 Å². The summed E-state index contributed by atoms with van der Waals surface area (Å²) < 4.78 is 0. The molecule has 0 spiro atoms. The minimum absolute atomic E-state index is 0.0486. The van der Waals surface area contributed by atoms with Crippen molar-refractivity contribution in [2.24, 2.45) is 5.41 Å². The van der Waals surface area contributed by atoms with Crippen LogP contribution in [0.5, 0.6) is 0 Å². The zero-order valence-electron chi connectivity index (χ0n) is 18.2. The second-order valence-corrected chi connectivity index (χ2v) is 9.98. The fraction of sp³-hybridized carbons (Fsp3) is 0.435. The lowest BCUT2D eigenvalue weighted by atomic mass is 9.96. The van der Waals surface area contributed by atoms with Crippen molar-refractivity contribution in [2.45, 2.75) is 53.1 Å². The summed E-state index contributed by atoms with van der Waals surface area (Å²) >= 11 is 1.29. The summed E-state index contributed by atoms with van der Waals surface area (Å²) in [5.41, 5.74) is 1.92.